The third-order valence-electron chi connectivity index (χ3n) is 5.12. The summed E-state index contributed by atoms with van der Waals surface area (Å²) in [5.74, 6) is -1.34. The van der Waals surface area contributed by atoms with E-state index >= 15 is 0 Å². The molecule has 1 aromatic rings. The second kappa shape index (κ2) is 8.38. The molecule has 30 heavy (non-hydrogen) atoms. The zero-order valence-electron chi connectivity index (χ0n) is 16.1. The van der Waals surface area contributed by atoms with Gasteiger partial charge in [-0.3, -0.25) is 4.79 Å². The van der Waals surface area contributed by atoms with Gasteiger partial charge in [-0.2, -0.15) is 18.3 Å². The second-order valence-electron chi connectivity index (χ2n) is 7.02. The standard InChI is InChI=1S/C16H21N5O2.C2HF3O2/c1-10-16(22)19-18-15-9-23-14-5-4-11(7-13(14)21(10)15)20-6-2-3-12(20)8-17;3-2(4,5)1(6)7/h4-5,7,10,12H,2-3,6,8-9,17H2,1H3,(H,19,22);(H,6,7). The van der Waals surface area contributed by atoms with Gasteiger partial charge in [-0.05, 0) is 38.0 Å². The molecule has 2 atom stereocenters. The third kappa shape index (κ3) is 4.27. The lowest BCUT2D eigenvalue weighted by Gasteiger charge is -2.38. The fraction of sp³-hybridized carbons (Fsp3) is 0.500. The molecule has 1 aromatic carbocycles. The van der Waals surface area contributed by atoms with E-state index in [1.165, 1.54) is 0 Å². The molecule has 0 radical (unpaired) electrons. The Morgan fingerprint density at radius 1 is 1.43 bits per heavy atom. The Hall–Kier alpha value is -3.02. The topological polar surface area (TPSA) is 120 Å². The number of rotatable bonds is 2. The highest BCUT2D eigenvalue weighted by molar-refractivity contribution is 6.09. The maximum atomic E-state index is 12.0. The molecule has 9 nitrogen and oxygen atoms in total. The molecule has 1 saturated heterocycles. The number of amidine groups is 1. The quantitative estimate of drug-likeness (QED) is 0.648. The number of benzene rings is 1. The first kappa shape index (κ1) is 21.7. The fourth-order valence-corrected chi connectivity index (χ4v) is 3.61. The maximum absolute atomic E-state index is 12.0. The molecular weight excluding hydrogens is 407 g/mol. The molecule has 0 aliphatic carbocycles. The molecule has 0 saturated carbocycles. The fourth-order valence-electron chi connectivity index (χ4n) is 3.61. The van der Waals surface area contributed by atoms with Gasteiger partial charge < -0.3 is 25.4 Å². The van der Waals surface area contributed by atoms with Crippen molar-refractivity contribution in [3.05, 3.63) is 18.2 Å². The number of hydrogen-bond acceptors (Lipinski definition) is 7. The van der Waals surface area contributed by atoms with Gasteiger partial charge in [-0.25, -0.2) is 10.2 Å². The highest BCUT2D eigenvalue weighted by Gasteiger charge is 2.38. The number of carbonyl (C=O) groups is 2. The van der Waals surface area contributed by atoms with Crippen molar-refractivity contribution in [1.82, 2.24) is 5.43 Å². The molecule has 0 aromatic heterocycles. The Labute approximate surface area is 170 Å². The number of hydrazone groups is 1. The smallest absolute Gasteiger partial charge is 0.483 e. The SMILES string of the molecule is CC1C(=O)NN=C2COc3ccc(N4CCCC4CN)cc3N21.O=C(O)C(F)(F)F. The summed E-state index contributed by atoms with van der Waals surface area (Å²) in [5.41, 5.74) is 10.5. The van der Waals surface area contributed by atoms with Crippen LogP contribution in [0.15, 0.2) is 23.3 Å². The van der Waals surface area contributed by atoms with Crippen molar-refractivity contribution in [3.8, 4) is 5.75 Å². The Balaban J connectivity index is 0.000000318. The van der Waals surface area contributed by atoms with Crippen molar-refractivity contribution in [1.29, 1.82) is 0 Å². The van der Waals surface area contributed by atoms with Crippen molar-refractivity contribution in [2.75, 3.05) is 29.5 Å². The van der Waals surface area contributed by atoms with Crippen LogP contribution in [0.25, 0.3) is 0 Å². The lowest BCUT2D eigenvalue weighted by molar-refractivity contribution is -0.192. The van der Waals surface area contributed by atoms with Crippen LogP contribution < -0.4 is 25.7 Å². The Morgan fingerprint density at radius 2 is 2.13 bits per heavy atom. The molecule has 4 N–H and O–H groups in total. The van der Waals surface area contributed by atoms with E-state index in [4.69, 9.17) is 20.4 Å². The number of nitrogens with two attached hydrogens (primary N) is 1. The summed E-state index contributed by atoms with van der Waals surface area (Å²) >= 11 is 0. The average Bonchev–Trinajstić information content (AvgIpc) is 3.18. The summed E-state index contributed by atoms with van der Waals surface area (Å²) in [5, 5.41) is 11.2. The van der Waals surface area contributed by atoms with E-state index in [-0.39, 0.29) is 11.9 Å². The number of nitrogens with one attached hydrogen (secondary N) is 1. The minimum absolute atomic E-state index is 0.104. The molecule has 4 rings (SSSR count). The predicted molar refractivity (Wildman–Crippen MR) is 103 cm³/mol. The maximum Gasteiger partial charge on any atom is 0.490 e. The van der Waals surface area contributed by atoms with Crippen LogP contribution in [0.2, 0.25) is 0 Å². The van der Waals surface area contributed by atoms with E-state index in [1.807, 2.05) is 17.9 Å². The van der Waals surface area contributed by atoms with E-state index in [2.05, 4.69) is 27.6 Å². The monoisotopic (exact) mass is 429 g/mol. The number of hydrogen-bond donors (Lipinski definition) is 3. The van der Waals surface area contributed by atoms with E-state index in [1.54, 1.807) is 0 Å². The molecule has 164 valence electrons. The zero-order chi connectivity index (χ0) is 22.1. The summed E-state index contributed by atoms with van der Waals surface area (Å²) in [6.45, 7) is 3.91. The van der Waals surface area contributed by atoms with Crippen molar-refractivity contribution in [3.63, 3.8) is 0 Å². The molecule has 0 spiro atoms. The van der Waals surface area contributed by atoms with Gasteiger partial charge in [0.2, 0.25) is 0 Å². The van der Waals surface area contributed by atoms with E-state index < -0.39 is 12.1 Å². The van der Waals surface area contributed by atoms with E-state index in [0.717, 1.165) is 42.3 Å². The van der Waals surface area contributed by atoms with Gasteiger partial charge in [0, 0.05) is 24.8 Å². The zero-order valence-corrected chi connectivity index (χ0v) is 16.1. The predicted octanol–water partition coefficient (Wildman–Crippen LogP) is 1.28. The van der Waals surface area contributed by atoms with Crippen LogP contribution in [-0.2, 0) is 9.59 Å². The Bertz CT molecular complexity index is 861. The molecule has 2 unspecified atom stereocenters. The molecule has 0 bridgehead atoms. The molecule has 3 heterocycles. The largest absolute Gasteiger partial charge is 0.490 e. The number of amides is 1. The lowest BCUT2D eigenvalue weighted by Crippen LogP contribution is -2.55. The summed E-state index contributed by atoms with van der Waals surface area (Å²) in [6.07, 6.45) is -2.80. The lowest BCUT2D eigenvalue weighted by atomic mass is 10.1. The van der Waals surface area contributed by atoms with Gasteiger partial charge in [0.1, 0.15) is 18.4 Å². The van der Waals surface area contributed by atoms with Gasteiger partial charge in [-0.1, -0.05) is 0 Å². The number of carboxylic acids is 1. The number of nitrogens with zero attached hydrogens (tertiary/aromatic N) is 3. The van der Waals surface area contributed by atoms with Crippen LogP contribution in [0.3, 0.4) is 0 Å². The number of fused-ring (bicyclic) bond motifs is 3. The second-order valence-corrected chi connectivity index (χ2v) is 7.02. The van der Waals surface area contributed by atoms with Crippen LogP contribution in [0.1, 0.15) is 19.8 Å². The molecule has 3 aliphatic heterocycles. The summed E-state index contributed by atoms with van der Waals surface area (Å²) in [6, 6.07) is 6.22. The minimum atomic E-state index is -5.08. The highest BCUT2D eigenvalue weighted by Crippen LogP contribution is 2.39. The number of ether oxygens (including phenoxy) is 1. The van der Waals surface area contributed by atoms with Crippen molar-refractivity contribution in [2.45, 2.75) is 38.0 Å². The minimum Gasteiger partial charge on any atom is -0.483 e. The molecule has 1 fully saturated rings. The summed E-state index contributed by atoms with van der Waals surface area (Å²) in [7, 11) is 0. The number of aliphatic carboxylic acids is 1. The normalized spacial score (nSPS) is 22.7. The van der Waals surface area contributed by atoms with Crippen molar-refractivity contribution >= 4 is 29.1 Å². The first-order valence-corrected chi connectivity index (χ1v) is 9.32. The van der Waals surface area contributed by atoms with Crippen molar-refractivity contribution in [2.24, 2.45) is 10.8 Å². The summed E-state index contributed by atoms with van der Waals surface area (Å²) < 4.78 is 37.5. The van der Waals surface area contributed by atoms with Crippen LogP contribution in [0, 0.1) is 0 Å². The average molecular weight is 429 g/mol. The molecular formula is C18H22F3N5O4. The van der Waals surface area contributed by atoms with Gasteiger partial charge in [0.05, 0.1) is 5.69 Å². The summed E-state index contributed by atoms with van der Waals surface area (Å²) in [4.78, 5) is 25.2. The first-order valence-electron chi connectivity index (χ1n) is 9.32. The highest BCUT2D eigenvalue weighted by atomic mass is 19.4. The number of halogens is 3. The number of anilines is 2. The molecule has 3 aliphatic rings. The number of carboxylic acid groups (broad SMARTS) is 1. The van der Waals surface area contributed by atoms with Crippen LogP contribution >= 0.6 is 0 Å². The molecule has 1 amide bonds. The van der Waals surface area contributed by atoms with Gasteiger partial charge in [0.25, 0.3) is 5.91 Å². The Morgan fingerprint density at radius 3 is 2.77 bits per heavy atom. The van der Waals surface area contributed by atoms with Crippen LogP contribution in [-0.4, -0.2) is 60.8 Å². The molecule has 12 heteroatoms. The van der Waals surface area contributed by atoms with E-state index in [9.17, 15) is 18.0 Å². The number of alkyl halides is 3. The third-order valence-corrected chi connectivity index (χ3v) is 5.12. The number of carbonyl (C=O) groups excluding carboxylic acids is 1. The van der Waals surface area contributed by atoms with Gasteiger partial charge in [-0.15, -0.1) is 0 Å². The van der Waals surface area contributed by atoms with Crippen LogP contribution in [0.5, 0.6) is 5.75 Å². The van der Waals surface area contributed by atoms with E-state index in [0.29, 0.717) is 19.2 Å². The Kier molecular flexibility index (Phi) is 6.06. The first-order chi connectivity index (χ1) is 14.1. The van der Waals surface area contributed by atoms with Crippen LogP contribution in [0.4, 0.5) is 24.5 Å². The van der Waals surface area contributed by atoms with Crippen molar-refractivity contribution < 1.29 is 32.6 Å². The van der Waals surface area contributed by atoms with Gasteiger partial charge >= 0.3 is 12.1 Å². The van der Waals surface area contributed by atoms with Gasteiger partial charge in [0.15, 0.2) is 5.84 Å².